The van der Waals surface area contributed by atoms with Gasteiger partial charge in [-0.3, -0.25) is 0 Å². The molecule has 21 heavy (non-hydrogen) atoms. The fourth-order valence-electron chi connectivity index (χ4n) is 2.20. The molecule has 0 amide bonds. The van der Waals surface area contributed by atoms with Gasteiger partial charge in [-0.05, 0) is 43.1 Å². The highest BCUT2D eigenvalue weighted by Gasteiger charge is 2.10. The Morgan fingerprint density at radius 1 is 1.24 bits per heavy atom. The van der Waals surface area contributed by atoms with Crippen LogP contribution in [0.3, 0.4) is 0 Å². The van der Waals surface area contributed by atoms with Crippen molar-refractivity contribution < 1.29 is 4.74 Å². The van der Waals surface area contributed by atoms with Gasteiger partial charge in [0.05, 0.1) is 7.11 Å². The first-order chi connectivity index (χ1) is 10.2. The van der Waals surface area contributed by atoms with Crippen LogP contribution in [0.2, 0.25) is 5.02 Å². The lowest BCUT2D eigenvalue weighted by atomic mass is 10.0. The number of nitrogens with one attached hydrogen (secondary N) is 1. The molecular formula is C17H21ClN2O. The van der Waals surface area contributed by atoms with E-state index in [9.17, 15) is 0 Å². The molecule has 1 aromatic heterocycles. The lowest BCUT2D eigenvalue weighted by molar-refractivity contribution is 0.398. The van der Waals surface area contributed by atoms with Crippen LogP contribution in [0.5, 0.6) is 5.88 Å². The number of rotatable bonds is 6. The number of aromatic nitrogens is 1. The summed E-state index contributed by atoms with van der Waals surface area (Å²) in [7, 11) is 1.61. The molecular weight excluding hydrogens is 284 g/mol. The zero-order valence-corrected chi connectivity index (χ0v) is 13.4. The Kier molecular flexibility index (Phi) is 5.59. The molecule has 3 nitrogen and oxygen atoms in total. The Hall–Kier alpha value is -1.58. The van der Waals surface area contributed by atoms with Crippen LogP contribution in [-0.2, 0) is 0 Å². The zero-order chi connectivity index (χ0) is 15.2. The molecule has 1 atom stereocenters. The molecule has 0 radical (unpaired) electrons. The average molecular weight is 305 g/mol. The fourth-order valence-corrected chi connectivity index (χ4v) is 2.54. The van der Waals surface area contributed by atoms with E-state index in [2.05, 4.69) is 36.3 Å². The van der Waals surface area contributed by atoms with Gasteiger partial charge in [0.15, 0.2) is 0 Å². The number of halogens is 1. The van der Waals surface area contributed by atoms with E-state index in [1.54, 1.807) is 13.3 Å². The molecule has 4 heteroatoms. The molecule has 0 saturated carbocycles. The molecule has 112 valence electrons. The quantitative estimate of drug-likeness (QED) is 0.855. The smallest absolute Gasteiger partial charge is 0.212 e. The topological polar surface area (TPSA) is 34.1 Å². The Morgan fingerprint density at radius 2 is 2.00 bits per heavy atom. The van der Waals surface area contributed by atoms with E-state index >= 15 is 0 Å². The van der Waals surface area contributed by atoms with Gasteiger partial charge in [-0.2, -0.15) is 0 Å². The molecule has 2 rings (SSSR count). The van der Waals surface area contributed by atoms with Crippen LogP contribution in [0.25, 0.3) is 11.1 Å². The Morgan fingerprint density at radius 3 is 2.57 bits per heavy atom. The van der Waals surface area contributed by atoms with Crippen molar-refractivity contribution >= 4 is 11.6 Å². The number of pyridine rings is 1. The van der Waals surface area contributed by atoms with Crippen molar-refractivity contribution in [2.45, 2.75) is 26.3 Å². The van der Waals surface area contributed by atoms with Crippen LogP contribution < -0.4 is 10.1 Å². The summed E-state index contributed by atoms with van der Waals surface area (Å²) in [6, 6.07) is 10.2. The predicted molar refractivity (Wildman–Crippen MR) is 87.9 cm³/mol. The van der Waals surface area contributed by atoms with E-state index in [0.717, 1.165) is 34.7 Å². The molecule has 1 aromatic carbocycles. The van der Waals surface area contributed by atoms with Crippen molar-refractivity contribution in [1.82, 2.24) is 10.3 Å². The van der Waals surface area contributed by atoms with Gasteiger partial charge in [0.2, 0.25) is 5.88 Å². The van der Waals surface area contributed by atoms with Gasteiger partial charge in [-0.1, -0.05) is 30.7 Å². The van der Waals surface area contributed by atoms with Gasteiger partial charge in [0.25, 0.3) is 0 Å². The van der Waals surface area contributed by atoms with Crippen molar-refractivity contribution in [3.05, 3.63) is 47.1 Å². The summed E-state index contributed by atoms with van der Waals surface area (Å²) >= 11 is 6.43. The second kappa shape index (κ2) is 7.43. The molecule has 1 unspecified atom stereocenters. The molecule has 2 aromatic rings. The van der Waals surface area contributed by atoms with Crippen molar-refractivity contribution in [1.29, 1.82) is 0 Å². The van der Waals surface area contributed by atoms with Crippen molar-refractivity contribution in [2.24, 2.45) is 0 Å². The maximum atomic E-state index is 6.43. The van der Waals surface area contributed by atoms with E-state index in [-0.39, 0.29) is 6.04 Å². The van der Waals surface area contributed by atoms with E-state index in [0.29, 0.717) is 5.88 Å². The van der Waals surface area contributed by atoms with Crippen LogP contribution in [-0.4, -0.2) is 18.6 Å². The third kappa shape index (κ3) is 3.96. The number of hydrogen-bond donors (Lipinski definition) is 1. The maximum Gasteiger partial charge on any atom is 0.212 e. The summed E-state index contributed by atoms with van der Waals surface area (Å²) in [5.74, 6) is 0.610. The van der Waals surface area contributed by atoms with Gasteiger partial charge in [-0.15, -0.1) is 0 Å². The first-order valence-corrected chi connectivity index (χ1v) is 7.56. The van der Waals surface area contributed by atoms with E-state index in [1.807, 2.05) is 18.2 Å². The van der Waals surface area contributed by atoms with Crippen LogP contribution >= 0.6 is 11.6 Å². The molecule has 0 aliphatic carbocycles. The average Bonchev–Trinajstić information content (AvgIpc) is 2.52. The minimum absolute atomic E-state index is 0.250. The molecule has 0 aliphatic heterocycles. The lowest BCUT2D eigenvalue weighted by Crippen LogP contribution is -2.19. The second-order valence-electron chi connectivity index (χ2n) is 5.00. The molecule has 0 saturated heterocycles. The number of nitrogens with zero attached hydrogens (tertiary/aromatic N) is 1. The maximum absolute atomic E-state index is 6.43. The van der Waals surface area contributed by atoms with E-state index in [4.69, 9.17) is 16.3 Å². The summed E-state index contributed by atoms with van der Waals surface area (Å²) in [5, 5.41) is 4.23. The molecule has 0 aliphatic rings. The van der Waals surface area contributed by atoms with Gasteiger partial charge < -0.3 is 10.1 Å². The van der Waals surface area contributed by atoms with Crippen LogP contribution in [0.1, 0.15) is 31.9 Å². The monoisotopic (exact) mass is 304 g/mol. The number of methoxy groups -OCH3 is 1. The van der Waals surface area contributed by atoms with Crippen LogP contribution in [0.15, 0.2) is 36.5 Å². The zero-order valence-electron chi connectivity index (χ0n) is 12.7. The number of benzene rings is 1. The Balaban J connectivity index is 2.21. The second-order valence-corrected chi connectivity index (χ2v) is 5.41. The number of hydrogen-bond acceptors (Lipinski definition) is 3. The first-order valence-electron chi connectivity index (χ1n) is 7.19. The van der Waals surface area contributed by atoms with Crippen LogP contribution in [0, 0.1) is 0 Å². The molecule has 0 fully saturated rings. The van der Waals surface area contributed by atoms with Gasteiger partial charge in [0.1, 0.15) is 0 Å². The molecule has 0 spiro atoms. The summed E-state index contributed by atoms with van der Waals surface area (Å²) in [4.78, 5) is 4.22. The van der Waals surface area contributed by atoms with E-state index in [1.165, 1.54) is 0 Å². The largest absolute Gasteiger partial charge is 0.481 e. The lowest BCUT2D eigenvalue weighted by Gasteiger charge is -2.16. The summed E-state index contributed by atoms with van der Waals surface area (Å²) in [6.45, 7) is 5.27. The molecule has 0 bridgehead atoms. The van der Waals surface area contributed by atoms with Crippen molar-refractivity contribution in [3.8, 4) is 17.0 Å². The Labute approximate surface area is 131 Å². The highest BCUT2D eigenvalue weighted by molar-refractivity contribution is 6.31. The highest BCUT2D eigenvalue weighted by Crippen LogP contribution is 2.29. The van der Waals surface area contributed by atoms with Gasteiger partial charge >= 0.3 is 0 Å². The minimum Gasteiger partial charge on any atom is -0.481 e. The molecule has 1 N–H and O–H groups in total. The summed E-state index contributed by atoms with van der Waals surface area (Å²) < 4.78 is 5.07. The SMILES string of the molecule is CCCNC(C)c1ccc(-c2ccc(OC)nc2)cc1Cl. The van der Waals surface area contributed by atoms with Gasteiger partial charge in [0, 0.05) is 28.9 Å². The standard InChI is InChI=1S/C17H21ClN2O/c1-4-9-19-12(2)15-7-5-13(10-16(15)18)14-6-8-17(21-3)20-11-14/h5-8,10-12,19H,4,9H2,1-3H3. The molecule has 1 heterocycles. The first kappa shape index (κ1) is 15.8. The third-order valence-corrected chi connectivity index (χ3v) is 3.77. The minimum atomic E-state index is 0.250. The van der Waals surface area contributed by atoms with Crippen molar-refractivity contribution in [2.75, 3.05) is 13.7 Å². The van der Waals surface area contributed by atoms with Crippen molar-refractivity contribution in [3.63, 3.8) is 0 Å². The number of ether oxygens (including phenoxy) is 1. The van der Waals surface area contributed by atoms with E-state index < -0.39 is 0 Å². The summed E-state index contributed by atoms with van der Waals surface area (Å²) in [6.07, 6.45) is 2.90. The Bertz CT molecular complexity index is 584. The fraction of sp³-hybridized carbons (Fsp3) is 0.353. The third-order valence-electron chi connectivity index (χ3n) is 3.45. The summed E-state index contributed by atoms with van der Waals surface area (Å²) in [5.41, 5.74) is 3.20. The highest BCUT2D eigenvalue weighted by atomic mass is 35.5. The predicted octanol–water partition coefficient (Wildman–Crippen LogP) is 4.47. The van der Waals surface area contributed by atoms with Crippen LogP contribution in [0.4, 0.5) is 0 Å². The van der Waals surface area contributed by atoms with Gasteiger partial charge in [-0.25, -0.2) is 4.98 Å². The normalized spacial score (nSPS) is 12.2.